The van der Waals surface area contributed by atoms with Gasteiger partial charge < -0.3 is 19.1 Å². The monoisotopic (exact) mass is 353 g/mol. The molecule has 0 radical (unpaired) electrons. The summed E-state index contributed by atoms with van der Waals surface area (Å²) in [6.07, 6.45) is 0.933. The van der Waals surface area contributed by atoms with E-state index < -0.39 is 5.79 Å². The van der Waals surface area contributed by atoms with E-state index in [2.05, 4.69) is 0 Å². The number of fused-ring (bicyclic) bond motifs is 2. The van der Waals surface area contributed by atoms with Crippen molar-refractivity contribution in [2.24, 2.45) is 0 Å². The maximum atomic E-state index is 13.2. The first-order valence-corrected chi connectivity index (χ1v) is 9.05. The largest absolute Gasteiger partial charge is 0.491 e. The third kappa shape index (κ3) is 2.87. The number of benzene rings is 2. The summed E-state index contributed by atoms with van der Waals surface area (Å²) in [5.41, 5.74) is 2.67. The number of amides is 1. The topological polar surface area (TPSA) is 48.0 Å². The minimum atomic E-state index is -1.28. The Morgan fingerprint density at radius 1 is 1.08 bits per heavy atom. The number of carbonyl (C=O) groups excluding carboxylic acids is 1. The molecule has 2 aromatic rings. The first-order valence-electron chi connectivity index (χ1n) is 9.05. The van der Waals surface area contributed by atoms with Crippen molar-refractivity contribution in [3.8, 4) is 5.75 Å². The van der Waals surface area contributed by atoms with Crippen molar-refractivity contribution in [2.45, 2.75) is 38.7 Å². The summed E-state index contributed by atoms with van der Waals surface area (Å²) in [6.45, 7) is 5.51. The second-order valence-electron chi connectivity index (χ2n) is 6.89. The molecule has 5 heteroatoms. The van der Waals surface area contributed by atoms with Gasteiger partial charge in [0.25, 0.3) is 11.7 Å². The van der Waals surface area contributed by atoms with E-state index in [0.29, 0.717) is 19.8 Å². The normalized spacial score (nSPS) is 18.4. The predicted octanol–water partition coefficient (Wildman–Crippen LogP) is 3.61. The van der Waals surface area contributed by atoms with Gasteiger partial charge in [0, 0.05) is 5.56 Å². The van der Waals surface area contributed by atoms with E-state index in [4.69, 9.17) is 14.2 Å². The van der Waals surface area contributed by atoms with Gasteiger partial charge in [0.05, 0.1) is 31.5 Å². The molecule has 2 aliphatic rings. The number of anilines is 1. The van der Waals surface area contributed by atoms with Crippen molar-refractivity contribution in [1.82, 2.24) is 0 Å². The number of nitrogens with zero attached hydrogens (tertiary/aromatic N) is 1. The minimum absolute atomic E-state index is 0.133. The lowest BCUT2D eigenvalue weighted by Gasteiger charge is -2.32. The molecule has 0 bridgehead atoms. The Bertz CT molecular complexity index is 794. The quantitative estimate of drug-likeness (QED) is 0.842. The lowest BCUT2D eigenvalue weighted by atomic mass is 10.1. The van der Waals surface area contributed by atoms with E-state index in [1.54, 1.807) is 4.90 Å². The molecule has 0 atom stereocenters. The average molecular weight is 353 g/mol. The van der Waals surface area contributed by atoms with Crippen LogP contribution >= 0.6 is 0 Å². The smallest absolute Gasteiger partial charge is 0.292 e. The van der Waals surface area contributed by atoms with Gasteiger partial charge in [-0.15, -0.1) is 0 Å². The van der Waals surface area contributed by atoms with E-state index in [0.717, 1.165) is 29.0 Å². The molecule has 1 fully saturated rings. The first-order chi connectivity index (χ1) is 12.6. The average Bonchev–Trinajstić information content (AvgIpc) is 2.87. The Morgan fingerprint density at radius 2 is 1.77 bits per heavy atom. The fourth-order valence-corrected chi connectivity index (χ4v) is 3.49. The zero-order valence-electron chi connectivity index (χ0n) is 15.1. The van der Waals surface area contributed by atoms with Crippen molar-refractivity contribution in [1.29, 1.82) is 0 Å². The van der Waals surface area contributed by atoms with Crippen LogP contribution in [0.3, 0.4) is 0 Å². The van der Waals surface area contributed by atoms with Crippen molar-refractivity contribution < 1.29 is 19.0 Å². The lowest BCUT2D eigenvalue weighted by Crippen LogP contribution is -2.47. The maximum Gasteiger partial charge on any atom is 0.292 e. The van der Waals surface area contributed by atoms with Gasteiger partial charge in [0.15, 0.2) is 0 Å². The van der Waals surface area contributed by atoms with Gasteiger partial charge in [-0.1, -0.05) is 30.3 Å². The van der Waals surface area contributed by atoms with Crippen LogP contribution in [0.15, 0.2) is 48.5 Å². The molecule has 136 valence electrons. The van der Waals surface area contributed by atoms with Crippen LogP contribution in [-0.2, 0) is 26.6 Å². The molecule has 1 amide bonds. The fourth-order valence-electron chi connectivity index (χ4n) is 3.49. The van der Waals surface area contributed by atoms with Gasteiger partial charge >= 0.3 is 0 Å². The zero-order chi connectivity index (χ0) is 18.1. The van der Waals surface area contributed by atoms with Crippen molar-refractivity contribution in [3.05, 3.63) is 59.7 Å². The molecule has 0 unspecified atom stereocenters. The van der Waals surface area contributed by atoms with Crippen LogP contribution in [0, 0.1) is 0 Å². The summed E-state index contributed by atoms with van der Waals surface area (Å²) in [5, 5.41) is 0. The number of rotatable bonds is 4. The first kappa shape index (κ1) is 17.1. The van der Waals surface area contributed by atoms with Crippen LogP contribution in [0.1, 0.15) is 31.4 Å². The van der Waals surface area contributed by atoms with Gasteiger partial charge in [0.2, 0.25) is 0 Å². The number of hydrogen-bond donors (Lipinski definition) is 0. The number of carbonyl (C=O) groups is 1. The highest BCUT2D eigenvalue weighted by molar-refractivity contribution is 6.06. The molecular formula is C21H23NO4. The lowest BCUT2D eigenvalue weighted by molar-refractivity contribution is -0.256. The summed E-state index contributed by atoms with van der Waals surface area (Å²) >= 11 is 0. The second kappa shape index (κ2) is 6.74. The van der Waals surface area contributed by atoms with Gasteiger partial charge in [0.1, 0.15) is 5.75 Å². The number of ether oxygens (including phenoxy) is 3. The SMILES string of the molecule is CC(C)Oc1ccc(CN2C(=O)C3(OCCCO3)c3ccccc32)cc1. The van der Waals surface area contributed by atoms with Crippen LogP contribution in [0.2, 0.25) is 0 Å². The highest BCUT2D eigenvalue weighted by Gasteiger charge is 2.54. The molecule has 1 saturated heterocycles. The highest BCUT2D eigenvalue weighted by atomic mass is 16.7. The van der Waals surface area contributed by atoms with Gasteiger partial charge in [-0.3, -0.25) is 4.79 Å². The molecule has 4 rings (SSSR count). The third-order valence-electron chi connectivity index (χ3n) is 4.61. The molecule has 2 aliphatic heterocycles. The predicted molar refractivity (Wildman–Crippen MR) is 98.0 cm³/mol. The second-order valence-corrected chi connectivity index (χ2v) is 6.89. The molecule has 2 heterocycles. The number of para-hydroxylation sites is 1. The summed E-state index contributed by atoms with van der Waals surface area (Å²) in [4.78, 5) is 15.0. The molecule has 26 heavy (non-hydrogen) atoms. The summed E-state index contributed by atoms with van der Waals surface area (Å²) < 4.78 is 17.4. The molecular weight excluding hydrogens is 330 g/mol. The van der Waals surface area contributed by atoms with E-state index >= 15 is 0 Å². The Balaban J connectivity index is 1.62. The number of hydrogen-bond acceptors (Lipinski definition) is 4. The molecule has 5 nitrogen and oxygen atoms in total. The van der Waals surface area contributed by atoms with E-state index in [9.17, 15) is 4.79 Å². The van der Waals surface area contributed by atoms with E-state index in [1.807, 2.05) is 62.4 Å². The van der Waals surface area contributed by atoms with Crippen molar-refractivity contribution >= 4 is 11.6 Å². The van der Waals surface area contributed by atoms with E-state index in [-0.39, 0.29) is 12.0 Å². The molecule has 0 saturated carbocycles. The third-order valence-corrected chi connectivity index (χ3v) is 4.61. The van der Waals surface area contributed by atoms with E-state index in [1.165, 1.54) is 0 Å². The van der Waals surface area contributed by atoms with Gasteiger partial charge in [-0.05, 0) is 44.0 Å². The van der Waals surface area contributed by atoms with Crippen LogP contribution in [-0.4, -0.2) is 25.2 Å². The molecule has 0 N–H and O–H groups in total. The molecule has 0 aromatic heterocycles. The highest BCUT2D eigenvalue weighted by Crippen LogP contribution is 2.45. The van der Waals surface area contributed by atoms with Gasteiger partial charge in [-0.25, -0.2) is 0 Å². The van der Waals surface area contributed by atoms with Crippen LogP contribution in [0.4, 0.5) is 5.69 Å². The molecule has 2 aromatic carbocycles. The van der Waals surface area contributed by atoms with Crippen LogP contribution in [0.5, 0.6) is 5.75 Å². The fraction of sp³-hybridized carbons (Fsp3) is 0.381. The van der Waals surface area contributed by atoms with Crippen LogP contribution in [0.25, 0.3) is 0 Å². The Labute approximate surface area is 153 Å². The standard InChI is InChI=1S/C21H23NO4/c1-15(2)26-17-10-8-16(9-11-17)14-22-19-7-4-3-6-18(19)21(20(22)23)24-12-5-13-25-21/h3-4,6-11,15H,5,12-14H2,1-2H3. The van der Waals surface area contributed by atoms with Crippen molar-refractivity contribution in [3.63, 3.8) is 0 Å². The van der Waals surface area contributed by atoms with Crippen LogP contribution < -0.4 is 9.64 Å². The van der Waals surface area contributed by atoms with Crippen molar-refractivity contribution in [2.75, 3.05) is 18.1 Å². The molecule has 0 aliphatic carbocycles. The summed E-state index contributed by atoms with van der Waals surface area (Å²) in [7, 11) is 0. The Hall–Kier alpha value is -2.37. The summed E-state index contributed by atoms with van der Waals surface area (Å²) in [5.74, 6) is -0.608. The van der Waals surface area contributed by atoms with Gasteiger partial charge in [-0.2, -0.15) is 0 Å². The molecule has 1 spiro atoms. The summed E-state index contributed by atoms with van der Waals surface area (Å²) in [6, 6.07) is 15.5. The maximum absolute atomic E-state index is 13.2. The Morgan fingerprint density at radius 3 is 2.46 bits per heavy atom. The Kier molecular flexibility index (Phi) is 4.42. The zero-order valence-corrected chi connectivity index (χ0v) is 15.1. The minimum Gasteiger partial charge on any atom is -0.491 e.